The number of nitrogens with one attached hydrogen (secondary N) is 2. The molecule has 0 saturated heterocycles. The number of aromatic nitrogens is 2. The number of hydrogen-bond donors (Lipinski definition) is 2. The van der Waals surface area contributed by atoms with Crippen LogP contribution in [0.1, 0.15) is 16.7 Å². The van der Waals surface area contributed by atoms with Crippen LogP contribution in [-0.4, -0.2) is 20.9 Å². The van der Waals surface area contributed by atoms with Gasteiger partial charge in [-0.25, -0.2) is 9.36 Å². The SMILES string of the molecule is Cc1ccccc1NC(=O)Cn1c(=O)n(-c2ccc(CC(=O)NCc3ccccc3)cc2)c(=O)c2sccc21. The summed E-state index contributed by atoms with van der Waals surface area (Å²) < 4.78 is 2.76. The molecule has 2 amide bonds. The van der Waals surface area contributed by atoms with Crippen molar-refractivity contribution in [2.45, 2.75) is 26.4 Å². The van der Waals surface area contributed by atoms with Crippen LogP contribution in [0.25, 0.3) is 15.9 Å². The lowest BCUT2D eigenvalue weighted by Gasteiger charge is -2.13. The van der Waals surface area contributed by atoms with E-state index in [0.717, 1.165) is 21.3 Å². The van der Waals surface area contributed by atoms with Gasteiger partial charge in [0.05, 0.1) is 17.6 Å². The number of amides is 2. The van der Waals surface area contributed by atoms with E-state index in [0.29, 0.717) is 28.1 Å². The van der Waals surface area contributed by atoms with Crippen molar-refractivity contribution in [3.8, 4) is 5.69 Å². The van der Waals surface area contributed by atoms with E-state index < -0.39 is 11.2 Å². The quantitative estimate of drug-likeness (QED) is 0.312. The first-order valence-corrected chi connectivity index (χ1v) is 13.3. The molecule has 8 nitrogen and oxygen atoms in total. The molecule has 0 aliphatic carbocycles. The minimum Gasteiger partial charge on any atom is -0.352 e. The number of carbonyl (C=O) groups excluding carboxylic acids is 2. The highest BCUT2D eigenvalue weighted by Crippen LogP contribution is 2.18. The molecule has 0 aliphatic rings. The van der Waals surface area contributed by atoms with Crippen LogP contribution in [0.5, 0.6) is 0 Å². The third kappa shape index (κ3) is 5.73. The lowest BCUT2D eigenvalue weighted by Crippen LogP contribution is -2.40. The van der Waals surface area contributed by atoms with Crippen LogP contribution < -0.4 is 21.9 Å². The maximum atomic E-state index is 13.5. The summed E-state index contributed by atoms with van der Waals surface area (Å²) in [6, 6.07) is 25.4. The fourth-order valence-corrected chi connectivity index (χ4v) is 5.15. The van der Waals surface area contributed by atoms with Gasteiger partial charge in [0, 0.05) is 12.2 Å². The van der Waals surface area contributed by atoms with Crippen molar-refractivity contribution in [1.82, 2.24) is 14.5 Å². The van der Waals surface area contributed by atoms with Gasteiger partial charge in [-0.05, 0) is 53.3 Å². The smallest absolute Gasteiger partial charge is 0.336 e. The summed E-state index contributed by atoms with van der Waals surface area (Å²) in [5, 5.41) is 7.46. The van der Waals surface area contributed by atoms with Crippen molar-refractivity contribution in [3.63, 3.8) is 0 Å². The molecule has 39 heavy (non-hydrogen) atoms. The Hall–Kier alpha value is -4.76. The Morgan fingerprint density at radius 2 is 1.54 bits per heavy atom. The summed E-state index contributed by atoms with van der Waals surface area (Å²) in [7, 11) is 0. The van der Waals surface area contributed by atoms with Gasteiger partial charge in [0.2, 0.25) is 11.8 Å². The number of para-hydroxylation sites is 1. The highest BCUT2D eigenvalue weighted by atomic mass is 32.1. The summed E-state index contributed by atoms with van der Waals surface area (Å²) in [6.45, 7) is 2.07. The van der Waals surface area contributed by atoms with Gasteiger partial charge in [0.25, 0.3) is 5.56 Å². The van der Waals surface area contributed by atoms with Crippen molar-refractivity contribution in [2.75, 3.05) is 5.32 Å². The van der Waals surface area contributed by atoms with Crippen molar-refractivity contribution in [1.29, 1.82) is 0 Å². The maximum Gasteiger partial charge on any atom is 0.336 e. The second-order valence-corrected chi connectivity index (χ2v) is 10.0. The molecule has 9 heteroatoms. The van der Waals surface area contributed by atoms with Gasteiger partial charge >= 0.3 is 5.69 Å². The molecule has 0 unspecified atom stereocenters. The first-order chi connectivity index (χ1) is 18.9. The fraction of sp³-hybridized carbons (Fsp3) is 0.133. The van der Waals surface area contributed by atoms with Gasteiger partial charge in [-0.2, -0.15) is 0 Å². The zero-order chi connectivity index (χ0) is 27.4. The second kappa shape index (κ2) is 11.3. The molecule has 0 aliphatic heterocycles. The number of rotatable bonds is 8. The van der Waals surface area contributed by atoms with Gasteiger partial charge in [-0.3, -0.25) is 19.0 Å². The van der Waals surface area contributed by atoms with E-state index in [1.54, 1.807) is 41.8 Å². The molecule has 3 aromatic carbocycles. The van der Waals surface area contributed by atoms with E-state index in [2.05, 4.69) is 10.6 Å². The number of hydrogen-bond acceptors (Lipinski definition) is 5. The Bertz CT molecular complexity index is 1770. The molecule has 0 bridgehead atoms. The average molecular weight is 539 g/mol. The lowest BCUT2D eigenvalue weighted by atomic mass is 10.1. The molecule has 2 heterocycles. The highest BCUT2D eigenvalue weighted by Gasteiger charge is 2.18. The summed E-state index contributed by atoms with van der Waals surface area (Å²) in [5.41, 5.74) is 3.03. The number of carbonyl (C=O) groups is 2. The zero-order valence-electron chi connectivity index (χ0n) is 21.2. The van der Waals surface area contributed by atoms with E-state index >= 15 is 0 Å². The van der Waals surface area contributed by atoms with Crippen LogP contribution >= 0.6 is 11.3 Å². The van der Waals surface area contributed by atoms with Gasteiger partial charge in [-0.1, -0.05) is 60.7 Å². The topological polar surface area (TPSA) is 102 Å². The van der Waals surface area contributed by atoms with Crippen LogP contribution in [0.2, 0.25) is 0 Å². The molecule has 0 radical (unpaired) electrons. The summed E-state index contributed by atoms with van der Waals surface area (Å²) in [6.07, 6.45) is 0.162. The van der Waals surface area contributed by atoms with E-state index in [1.165, 1.54) is 15.9 Å². The molecule has 196 valence electrons. The maximum absolute atomic E-state index is 13.5. The Labute approximate surface area is 228 Å². The van der Waals surface area contributed by atoms with Gasteiger partial charge in [-0.15, -0.1) is 11.3 Å². The second-order valence-electron chi connectivity index (χ2n) is 9.11. The van der Waals surface area contributed by atoms with Gasteiger partial charge in [0.15, 0.2) is 0 Å². The number of fused-ring (bicyclic) bond motifs is 1. The Morgan fingerprint density at radius 3 is 2.28 bits per heavy atom. The van der Waals surface area contributed by atoms with E-state index in [-0.39, 0.29) is 24.8 Å². The molecule has 2 N–H and O–H groups in total. The molecule has 5 aromatic rings. The van der Waals surface area contributed by atoms with Gasteiger partial charge in [0.1, 0.15) is 11.2 Å². The van der Waals surface area contributed by atoms with Crippen LogP contribution in [0.15, 0.2) is 99.9 Å². The normalized spacial score (nSPS) is 10.9. The van der Waals surface area contributed by atoms with Crippen LogP contribution in [0, 0.1) is 6.92 Å². The Morgan fingerprint density at radius 1 is 0.821 bits per heavy atom. The largest absolute Gasteiger partial charge is 0.352 e. The highest BCUT2D eigenvalue weighted by molar-refractivity contribution is 7.17. The van der Waals surface area contributed by atoms with Crippen LogP contribution in [-0.2, 0) is 29.1 Å². The van der Waals surface area contributed by atoms with Crippen molar-refractivity contribution >= 4 is 39.1 Å². The Kier molecular flexibility index (Phi) is 7.51. The first kappa shape index (κ1) is 25.9. The monoisotopic (exact) mass is 538 g/mol. The molecule has 5 rings (SSSR count). The number of thiophene rings is 1. The molecule has 0 spiro atoms. The Balaban J connectivity index is 1.38. The fourth-order valence-electron chi connectivity index (χ4n) is 4.32. The summed E-state index contributed by atoms with van der Waals surface area (Å²) in [4.78, 5) is 52.1. The minimum atomic E-state index is -0.612. The van der Waals surface area contributed by atoms with Crippen LogP contribution in [0.3, 0.4) is 0 Å². The molecular weight excluding hydrogens is 512 g/mol. The molecule has 2 aromatic heterocycles. The first-order valence-electron chi connectivity index (χ1n) is 12.4. The zero-order valence-corrected chi connectivity index (χ0v) is 22.0. The number of benzene rings is 3. The van der Waals surface area contributed by atoms with E-state index in [9.17, 15) is 19.2 Å². The molecular formula is C30H26N4O4S. The lowest BCUT2D eigenvalue weighted by molar-refractivity contribution is -0.120. The summed E-state index contributed by atoms with van der Waals surface area (Å²) >= 11 is 1.22. The third-order valence-corrected chi connectivity index (χ3v) is 7.26. The number of nitrogens with zero attached hydrogens (tertiary/aromatic N) is 2. The number of anilines is 1. The van der Waals surface area contributed by atoms with E-state index in [1.807, 2.05) is 55.5 Å². The summed E-state index contributed by atoms with van der Waals surface area (Å²) in [5.74, 6) is -0.508. The van der Waals surface area contributed by atoms with E-state index in [4.69, 9.17) is 0 Å². The molecule has 0 atom stereocenters. The molecule has 0 fully saturated rings. The average Bonchev–Trinajstić information content (AvgIpc) is 3.43. The predicted octanol–water partition coefficient (Wildman–Crippen LogP) is 4.02. The van der Waals surface area contributed by atoms with Crippen molar-refractivity contribution in [2.24, 2.45) is 0 Å². The molecule has 0 saturated carbocycles. The van der Waals surface area contributed by atoms with Crippen LogP contribution in [0.4, 0.5) is 5.69 Å². The third-order valence-electron chi connectivity index (χ3n) is 6.37. The van der Waals surface area contributed by atoms with Crippen molar-refractivity contribution in [3.05, 3.63) is 128 Å². The number of aryl methyl sites for hydroxylation is 1. The predicted molar refractivity (Wildman–Crippen MR) is 153 cm³/mol. The standard InChI is InChI=1S/C30H26N4O4S/c1-20-7-5-6-10-24(20)32-27(36)19-33-25-15-16-39-28(25)29(37)34(30(33)38)23-13-11-21(12-14-23)17-26(35)31-18-22-8-3-2-4-9-22/h2-16H,17-19H2,1H3,(H,31,35)(H,32,36). The van der Waals surface area contributed by atoms with Gasteiger partial charge < -0.3 is 10.6 Å². The van der Waals surface area contributed by atoms with Crippen molar-refractivity contribution < 1.29 is 9.59 Å². The minimum absolute atomic E-state index is 0.134.